The van der Waals surface area contributed by atoms with E-state index in [1.54, 1.807) is 18.0 Å². The first kappa shape index (κ1) is 12.4. The largest absolute Gasteiger partial charge is 0.497 e. The smallest absolute Gasteiger partial charge is 0.168 e. The maximum atomic E-state index is 5.25. The standard InChI is InChI=1S/C14H15N5O/c1-9-17-13(15-2)12-8-16-19(14(12)18-9)10-5-4-6-11(7-10)20-3/h4-8H,1-3H3,(H,15,17,18). The first-order chi connectivity index (χ1) is 9.72. The molecule has 0 aliphatic rings. The molecule has 0 saturated heterocycles. The molecule has 0 spiro atoms. The third kappa shape index (κ3) is 1.95. The second kappa shape index (κ2) is 4.80. The van der Waals surface area contributed by atoms with Gasteiger partial charge in [-0.3, -0.25) is 0 Å². The van der Waals surface area contributed by atoms with Crippen molar-refractivity contribution in [1.29, 1.82) is 0 Å². The molecule has 0 amide bonds. The van der Waals surface area contributed by atoms with Crippen molar-refractivity contribution in [3.8, 4) is 11.4 Å². The number of ether oxygens (including phenoxy) is 1. The van der Waals surface area contributed by atoms with Crippen molar-refractivity contribution in [2.45, 2.75) is 6.92 Å². The van der Waals surface area contributed by atoms with Gasteiger partial charge in [-0.2, -0.15) is 5.10 Å². The first-order valence-electron chi connectivity index (χ1n) is 6.27. The fourth-order valence-corrected chi connectivity index (χ4v) is 2.14. The van der Waals surface area contributed by atoms with E-state index < -0.39 is 0 Å². The van der Waals surface area contributed by atoms with Gasteiger partial charge in [0.2, 0.25) is 0 Å². The van der Waals surface area contributed by atoms with E-state index in [4.69, 9.17) is 4.74 Å². The molecule has 6 nitrogen and oxygen atoms in total. The Kier molecular flexibility index (Phi) is 2.98. The third-order valence-electron chi connectivity index (χ3n) is 3.07. The van der Waals surface area contributed by atoms with Crippen LogP contribution in [0.4, 0.5) is 5.82 Å². The minimum Gasteiger partial charge on any atom is -0.497 e. The molecule has 0 fully saturated rings. The fraction of sp³-hybridized carbons (Fsp3) is 0.214. The molecule has 2 heterocycles. The molecule has 20 heavy (non-hydrogen) atoms. The molecule has 0 aliphatic carbocycles. The van der Waals surface area contributed by atoms with Crippen molar-refractivity contribution in [3.05, 3.63) is 36.3 Å². The van der Waals surface area contributed by atoms with E-state index in [2.05, 4.69) is 20.4 Å². The molecular weight excluding hydrogens is 254 g/mol. The quantitative estimate of drug-likeness (QED) is 0.789. The average molecular weight is 269 g/mol. The van der Waals surface area contributed by atoms with Gasteiger partial charge in [0.05, 0.1) is 24.4 Å². The Morgan fingerprint density at radius 2 is 2.10 bits per heavy atom. The van der Waals surface area contributed by atoms with E-state index in [0.29, 0.717) is 5.82 Å². The molecule has 0 unspecified atom stereocenters. The lowest BCUT2D eigenvalue weighted by atomic mass is 10.3. The average Bonchev–Trinajstić information content (AvgIpc) is 2.90. The van der Waals surface area contributed by atoms with E-state index in [0.717, 1.165) is 28.3 Å². The van der Waals surface area contributed by atoms with Gasteiger partial charge in [0, 0.05) is 13.1 Å². The van der Waals surface area contributed by atoms with Crippen molar-refractivity contribution >= 4 is 16.9 Å². The zero-order valence-corrected chi connectivity index (χ0v) is 11.6. The molecule has 0 radical (unpaired) electrons. The molecule has 3 aromatic rings. The summed E-state index contributed by atoms with van der Waals surface area (Å²) in [6, 6.07) is 7.71. The summed E-state index contributed by atoms with van der Waals surface area (Å²) < 4.78 is 7.03. The van der Waals surface area contributed by atoms with Gasteiger partial charge in [0.15, 0.2) is 5.65 Å². The predicted molar refractivity (Wildman–Crippen MR) is 77.5 cm³/mol. The zero-order chi connectivity index (χ0) is 14.1. The van der Waals surface area contributed by atoms with E-state index in [1.165, 1.54) is 0 Å². The number of aromatic nitrogens is 4. The van der Waals surface area contributed by atoms with Gasteiger partial charge in [-0.05, 0) is 19.1 Å². The monoisotopic (exact) mass is 269 g/mol. The lowest BCUT2D eigenvalue weighted by Crippen LogP contribution is -2.02. The minimum atomic E-state index is 0.700. The van der Waals surface area contributed by atoms with Crippen LogP contribution in [0.25, 0.3) is 16.7 Å². The van der Waals surface area contributed by atoms with Crippen LogP contribution in [-0.4, -0.2) is 33.9 Å². The molecule has 6 heteroatoms. The maximum absolute atomic E-state index is 5.25. The summed E-state index contributed by atoms with van der Waals surface area (Å²) in [6.45, 7) is 1.86. The second-order valence-electron chi connectivity index (χ2n) is 4.36. The van der Waals surface area contributed by atoms with Crippen molar-refractivity contribution in [3.63, 3.8) is 0 Å². The number of methoxy groups -OCH3 is 1. The number of rotatable bonds is 3. The topological polar surface area (TPSA) is 64.9 Å². The highest BCUT2D eigenvalue weighted by atomic mass is 16.5. The maximum Gasteiger partial charge on any atom is 0.168 e. The lowest BCUT2D eigenvalue weighted by molar-refractivity contribution is 0.414. The van der Waals surface area contributed by atoms with Gasteiger partial charge in [-0.15, -0.1) is 0 Å². The fourth-order valence-electron chi connectivity index (χ4n) is 2.14. The summed E-state index contributed by atoms with van der Waals surface area (Å²) in [6.07, 6.45) is 1.76. The van der Waals surface area contributed by atoms with Gasteiger partial charge in [-0.1, -0.05) is 6.07 Å². The van der Waals surface area contributed by atoms with Crippen molar-refractivity contribution < 1.29 is 4.74 Å². The zero-order valence-electron chi connectivity index (χ0n) is 11.6. The van der Waals surface area contributed by atoms with Gasteiger partial charge < -0.3 is 10.1 Å². The predicted octanol–water partition coefficient (Wildman–Crippen LogP) is 2.17. The van der Waals surface area contributed by atoms with Crippen LogP contribution in [0.3, 0.4) is 0 Å². The number of hydrogen-bond acceptors (Lipinski definition) is 5. The highest BCUT2D eigenvalue weighted by Gasteiger charge is 2.12. The van der Waals surface area contributed by atoms with Crippen molar-refractivity contribution in [2.24, 2.45) is 0 Å². The summed E-state index contributed by atoms with van der Waals surface area (Å²) in [5.74, 6) is 2.26. The van der Waals surface area contributed by atoms with Crippen LogP contribution in [0.1, 0.15) is 5.82 Å². The summed E-state index contributed by atoms with van der Waals surface area (Å²) in [7, 11) is 3.48. The van der Waals surface area contributed by atoms with Crippen molar-refractivity contribution in [2.75, 3.05) is 19.5 Å². The molecule has 3 rings (SSSR count). The summed E-state index contributed by atoms with van der Waals surface area (Å²) in [5, 5.41) is 8.37. The third-order valence-corrected chi connectivity index (χ3v) is 3.07. The highest BCUT2D eigenvalue weighted by Crippen LogP contribution is 2.23. The number of hydrogen-bond donors (Lipinski definition) is 1. The van der Waals surface area contributed by atoms with Crippen LogP contribution in [0.15, 0.2) is 30.5 Å². The first-order valence-corrected chi connectivity index (χ1v) is 6.27. The lowest BCUT2D eigenvalue weighted by Gasteiger charge is -2.07. The molecule has 0 atom stereocenters. The summed E-state index contributed by atoms with van der Waals surface area (Å²) in [5.41, 5.74) is 1.68. The van der Waals surface area contributed by atoms with Crippen LogP contribution in [0.2, 0.25) is 0 Å². The number of anilines is 1. The van der Waals surface area contributed by atoms with E-state index >= 15 is 0 Å². The SMILES string of the molecule is CNc1nc(C)nc2c1cnn2-c1cccc(OC)c1. The van der Waals surface area contributed by atoms with Crippen LogP contribution < -0.4 is 10.1 Å². The normalized spacial score (nSPS) is 10.8. The molecule has 1 N–H and O–H groups in total. The molecule has 0 saturated carbocycles. The second-order valence-corrected chi connectivity index (χ2v) is 4.36. The number of benzene rings is 1. The van der Waals surface area contributed by atoms with Crippen LogP contribution in [0, 0.1) is 6.92 Å². The van der Waals surface area contributed by atoms with Gasteiger partial charge in [-0.25, -0.2) is 14.6 Å². The van der Waals surface area contributed by atoms with Gasteiger partial charge in [0.25, 0.3) is 0 Å². The molecular formula is C14H15N5O. The Morgan fingerprint density at radius 1 is 1.25 bits per heavy atom. The van der Waals surface area contributed by atoms with Gasteiger partial charge >= 0.3 is 0 Å². The van der Waals surface area contributed by atoms with Crippen LogP contribution in [0.5, 0.6) is 5.75 Å². The summed E-state index contributed by atoms with van der Waals surface area (Å²) in [4.78, 5) is 8.84. The Morgan fingerprint density at radius 3 is 2.85 bits per heavy atom. The number of aryl methyl sites for hydroxylation is 1. The molecule has 0 aliphatic heterocycles. The van der Waals surface area contributed by atoms with Crippen molar-refractivity contribution in [1.82, 2.24) is 19.7 Å². The van der Waals surface area contributed by atoms with E-state index in [9.17, 15) is 0 Å². The number of fused-ring (bicyclic) bond motifs is 1. The molecule has 1 aromatic carbocycles. The van der Waals surface area contributed by atoms with Crippen LogP contribution in [-0.2, 0) is 0 Å². The Labute approximate surface area is 116 Å². The Hall–Kier alpha value is -2.63. The molecule has 2 aromatic heterocycles. The van der Waals surface area contributed by atoms with E-state index in [1.807, 2.05) is 38.2 Å². The molecule has 0 bridgehead atoms. The Bertz CT molecular complexity index is 765. The highest BCUT2D eigenvalue weighted by molar-refractivity contribution is 5.87. The molecule has 102 valence electrons. The van der Waals surface area contributed by atoms with Crippen LogP contribution >= 0.6 is 0 Å². The Balaban J connectivity index is 2.23. The number of nitrogens with one attached hydrogen (secondary N) is 1. The van der Waals surface area contributed by atoms with Gasteiger partial charge in [0.1, 0.15) is 17.4 Å². The van der Waals surface area contributed by atoms with E-state index in [-0.39, 0.29) is 0 Å². The summed E-state index contributed by atoms with van der Waals surface area (Å²) >= 11 is 0. The number of nitrogens with zero attached hydrogens (tertiary/aromatic N) is 4. The minimum absolute atomic E-state index is 0.700.